The topological polar surface area (TPSA) is 46.9 Å². The second-order valence-corrected chi connectivity index (χ2v) is 5.19. The Hall–Kier alpha value is -2.95. The lowest BCUT2D eigenvalue weighted by Crippen LogP contribution is -2.11. The van der Waals surface area contributed by atoms with Crippen LogP contribution in [0.25, 0.3) is 0 Å². The number of hydrogen-bond donors (Lipinski definition) is 1. The standard InChI is InChI=1S/C18H16FN3O/c19-16-8-6-15(7-9-16)18(23)21-17-12-20-22(13-17)11-10-14-4-2-1-3-5-14/h1-9,12-13H,10-11H2,(H,21,23). The van der Waals surface area contributed by atoms with Gasteiger partial charge in [-0.05, 0) is 36.2 Å². The number of hydrogen-bond acceptors (Lipinski definition) is 2. The second kappa shape index (κ2) is 6.87. The third kappa shape index (κ3) is 4.03. The molecule has 0 spiro atoms. The zero-order valence-corrected chi connectivity index (χ0v) is 12.4. The number of amides is 1. The lowest BCUT2D eigenvalue weighted by molar-refractivity contribution is 0.102. The molecule has 0 unspecified atom stereocenters. The minimum Gasteiger partial charge on any atom is -0.319 e. The van der Waals surface area contributed by atoms with Gasteiger partial charge >= 0.3 is 0 Å². The molecule has 1 amide bonds. The first-order valence-electron chi connectivity index (χ1n) is 7.34. The second-order valence-electron chi connectivity index (χ2n) is 5.19. The first-order chi connectivity index (χ1) is 11.2. The van der Waals surface area contributed by atoms with E-state index in [0.717, 1.165) is 13.0 Å². The van der Waals surface area contributed by atoms with Gasteiger partial charge in [-0.1, -0.05) is 30.3 Å². The van der Waals surface area contributed by atoms with Gasteiger partial charge in [0, 0.05) is 18.3 Å². The number of halogens is 1. The molecule has 0 aliphatic heterocycles. The van der Waals surface area contributed by atoms with Gasteiger partial charge < -0.3 is 5.32 Å². The highest BCUT2D eigenvalue weighted by atomic mass is 19.1. The first kappa shape index (κ1) is 15.0. The molecular formula is C18H16FN3O. The fraction of sp³-hybridized carbons (Fsp3) is 0.111. The molecule has 0 aliphatic carbocycles. The van der Waals surface area contributed by atoms with Crippen molar-refractivity contribution in [1.29, 1.82) is 0 Å². The Kier molecular flexibility index (Phi) is 4.47. The van der Waals surface area contributed by atoms with E-state index < -0.39 is 0 Å². The summed E-state index contributed by atoms with van der Waals surface area (Å²) in [6.45, 7) is 0.733. The molecule has 2 aromatic carbocycles. The van der Waals surface area contributed by atoms with Crippen molar-refractivity contribution in [3.05, 3.63) is 83.9 Å². The predicted octanol–water partition coefficient (Wildman–Crippen LogP) is 3.52. The van der Waals surface area contributed by atoms with Crippen LogP contribution < -0.4 is 5.32 Å². The molecule has 23 heavy (non-hydrogen) atoms. The SMILES string of the molecule is O=C(Nc1cnn(CCc2ccccc2)c1)c1ccc(F)cc1. The molecule has 1 aromatic heterocycles. The summed E-state index contributed by atoms with van der Waals surface area (Å²) in [5, 5.41) is 6.99. The van der Waals surface area contributed by atoms with Crippen LogP contribution in [-0.4, -0.2) is 15.7 Å². The summed E-state index contributed by atoms with van der Waals surface area (Å²) in [5.41, 5.74) is 2.26. The fourth-order valence-corrected chi connectivity index (χ4v) is 2.24. The Morgan fingerprint density at radius 1 is 1.09 bits per heavy atom. The van der Waals surface area contributed by atoms with E-state index >= 15 is 0 Å². The monoisotopic (exact) mass is 309 g/mol. The quantitative estimate of drug-likeness (QED) is 0.784. The molecule has 0 atom stereocenters. The average molecular weight is 309 g/mol. The van der Waals surface area contributed by atoms with Gasteiger partial charge in [0.05, 0.1) is 11.9 Å². The zero-order chi connectivity index (χ0) is 16.1. The van der Waals surface area contributed by atoms with Crippen LogP contribution in [0.15, 0.2) is 67.0 Å². The molecule has 4 nitrogen and oxygen atoms in total. The number of anilines is 1. The lowest BCUT2D eigenvalue weighted by Gasteiger charge is -2.03. The molecule has 5 heteroatoms. The molecular weight excluding hydrogens is 293 g/mol. The summed E-state index contributed by atoms with van der Waals surface area (Å²) < 4.78 is 14.6. The fourth-order valence-electron chi connectivity index (χ4n) is 2.24. The van der Waals surface area contributed by atoms with Crippen molar-refractivity contribution < 1.29 is 9.18 Å². The molecule has 1 heterocycles. The van der Waals surface area contributed by atoms with E-state index in [1.807, 2.05) is 18.2 Å². The summed E-state index contributed by atoms with van der Waals surface area (Å²) in [4.78, 5) is 12.0. The number of carbonyl (C=O) groups is 1. The minimum atomic E-state index is -0.365. The normalized spacial score (nSPS) is 10.5. The Morgan fingerprint density at radius 2 is 1.83 bits per heavy atom. The molecule has 3 rings (SSSR count). The Labute approximate surface area is 133 Å². The lowest BCUT2D eigenvalue weighted by atomic mass is 10.1. The molecule has 0 saturated heterocycles. The minimum absolute atomic E-state index is 0.285. The summed E-state index contributed by atoms with van der Waals surface area (Å²) >= 11 is 0. The van der Waals surface area contributed by atoms with Gasteiger partial charge in [-0.3, -0.25) is 9.48 Å². The van der Waals surface area contributed by atoms with Crippen molar-refractivity contribution in [1.82, 2.24) is 9.78 Å². The van der Waals surface area contributed by atoms with Crippen molar-refractivity contribution in [3.63, 3.8) is 0 Å². The zero-order valence-electron chi connectivity index (χ0n) is 12.4. The van der Waals surface area contributed by atoms with E-state index in [1.54, 1.807) is 17.1 Å². The van der Waals surface area contributed by atoms with Gasteiger partial charge in [0.2, 0.25) is 0 Å². The number of benzene rings is 2. The number of rotatable bonds is 5. The molecule has 1 N–H and O–H groups in total. The number of carbonyl (C=O) groups excluding carboxylic acids is 1. The van der Waals surface area contributed by atoms with Gasteiger partial charge in [0.1, 0.15) is 5.82 Å². The van der Waals surface area contributed by atoms with Crippen LogP contribution in [0.1, 0.15) is 15.9 Å². The maximum absolute atomic E-state index is 12.9. The molecule has 0 fully saturated rings. The highest BCUT2D eigenvalue weighted by Crippen LogP contribution is 2.10. The summed E-state index contributed by atoms with van der Waals surface area (Å²) in [6.07, 6.45) is 4.25. The van der Waals surface area contributed by atoms with E-state index in [0.29, 0.717) is 11.3 Å². The van der Waals surface area contributed by atoms with Crippen LogP contribution >= 0.6 is 0 Å². The van der Waals surface area contributed by atoms with Gasteiger partial charge in [0.25, 0.3) is 5.91 Å². The molecule has 0 radical (unpaired) electrons. The van der Waals surface area contributed by atoms with Crippen LogP contribution in [0.4, 0.5) is 10.1 Å². The summed E-state index contributed by atoms with van der Waals surface area (Å²) in [5.74, 6) is -0.650. The van der Waals surface area contributed by atoms with E-state index in [2.05, 4.69) is 22.5 Å². The largest absolute Gasteiger partial charge is 0.319 e. The molecule has 116 valence electrons. The van der Waals surface area contributed by atoms with Crippen LogP contribution in [0.2, 0.25) is 0 Å². The third-order valence-electron chi connectivity index (χ3n) is 3.47. The molecule has 0 aliphatic rings. The van der Waals surface area contributed by atoms with E-state index in [9.17, 15) is 9.18 Å². The number of nitrogens with zero attached hydrogens (tertiary/aromatic N) is 2. The third-order valence-corrected chi connectivity index (χ3v) is 3.47. The van der Waals surface area contributed by atoms with Crippen LogP contribution in [-0.2, 0) is 13.0 Å². The Balaban J connectivity index is 1.58. The molecule has 0 bridgehead atoms. The van der Waals surface area contributed by atoms with Gasteiger partial charge in [0.15, 0.2) is 0 Å². The van der Waals surface area contributed by atoms with Gasteiger partial charge in [-0.15, -0.1) is 0 Å². The van der Waals surface area contributed by atoms with Gasteiger partial charge in [-0.25, -0.2) is 4.39 Å². The van der Waals surface area contributed by atoms with E-state index in [-0.39, 0.29) is 11.7 Å². The van der Waals surface area contributed by atoms with Crippen molar-refractivity contribution in [3.8, 4) is 0 Å². The maximum atomic E-state index is 12.9. The van der Waals surface area contributed by atoms with Gasteiger partial charge in [-0.2, -0.15) is 5.10 Å². The highest BCUT2D eigenvalue weighted by molar-refractivity contribution is 6.04. The van der Waals surface area contributed by atoms with Crippen LogP contribution in [0.3, 0.4) is 0 Å². The molecule has 0 saturated carbocycles. The summed E-state index contributed by atoms with van der Waals surface area (Å²) in [7, 11) is 0. The van der Waals surface area contributed by atoms with Crippen molar-refractivity contribution >= 4 is 11.6 Å². The smallest absolute Gasteiger partial charge is 0.255 e. The average Bonchev–Trinajstić information content (AvgIpc) is 3.02. The number of aromatic nitrogens is 2. The maximum Gasteiger partial charge on any atom is 0.255 e. The van der Waals surface area contributed by atoms with E-state index in [4.69, 9.17) is 0 Å². The van der Waals surface area contributed by atoms with E-state index in [1.165, 1.54) is 29.8 Å². The van der Waals surface area contributed by atoms with Crippen LogP contribution in [0, 0.1) is 5.82 Å². The number of aryl methyl sites for hydroxylation is 2. The Morgan fingerprint density at radius 3 is 2.57 bits per heavy atom. The van der Waals surface area contributed by atoms with Crippen molar-refractivity contribution in [2.75, 3.05) is 5.32 Å². The van der Waals surface area contributed by atoms with Crippen LogP contribution in [0.5, 0.6) is 0 Å². The van der Waals surface area contributed by atoms with Crippen molar-refractivity contribution in [2.45, 2.75) is 13.0 Å². The first-order valence-corrected chi connectivity index (χ1v) is 7.34. The number of nitrogens with one attached hydrogen (secondary N) is 1. The Bertz CT molecular complexity index is 782. The van der Waals surface area contributed by atoms with Crippen molar-refractivity contribution in [2.24, 2.45) is 0 Å². The predicted molar refractivity (Wildman–Crippen MR) is 86.7 cm³/mol. The summed E-state index contributed by atoms with van der Waals surface area (Å²) in [6, 6.07) is 15.6. The highest BCUT2D eigenvalue weighted by Gasteiger charge is 2.07. The molecule has 3 aromatic rings.